The van der Waals surface area contributed by atoms with Crippen LogP contribution < -0.4 is 5.76 Å². The van der Waals surface area contributed by atoms with Crippen molar-refractivity contribution >= 4 is 5.91 Å². The molecule has 0 saturated carbocycles. The summed E-state index contributed by atoms with van der Waals surface area (Å²) in [6.45, 7) is 0. The third-order valence-electron chi connectivity index (χ3n) is 5.26. The lowest BCUT2D eigenvalue weighted by Gasteiger charge is -2.22. The van der Waals surface area contributed by atoms with Gasteiger partial charge in [0.25, 0.3) is 0 Å². The fourth-order valence-electron chi connectivity index (χ4n) is 4.08. The zero-order valence-electron chi connectivity index (χ0n) is 13.5. The number of aryl methyl sites for hydroxylation is 1. The molecule has 2 saturated heterocycles. The first-order valence-corrected chi connectivity index (χ1v) is 8.67. The number of aromatic nitrogens is 2. The van der Waals surface area contributed by atoms with E-state index in [1.54, 1.807) is 0 Å². The SMILES string of the molecule is O=C(CCCc1ccc(-c2noc(=O)[nH]2)cc1)N1C2CCC1CC2. The molecule has 0 spiro atoms. The molecule has 6 nitrogen and oxygen atoms in total. The van der Waals surface area contributed by atoms with Crippen molar-refractivity contribution in [2.75, 3.05) is 0 Å². The number of aromatic amines is 1. The van der Waals surface area contributed by atoms with Crippen molar-refractivity contribution < 1.29 is 9.32 Å². The van der Waals surface area contributed by atoms with E-state index in [1.165, 1.54) is 31.2 Å². The van der Waals surface area contributed by atoms with Crippen LogP contribution in [-0.4, -0.2) is 33.0 Å². The van der Waals surface area contributed by atoms with Gasteiger partial charge in [-0.25, -0.2) is 4.79 Å². The van der Waals surface area contributed by atoms with Crippen LogP contribution >= 0.6 is 0 Å². The zero-order valence-corrected chi connectivity index (χ0v) is 13.5. The molecule has 2 aliphatic rings. The van der Waals surface area contributed by atoms with Crippen LogP contribution in [0.25, 0.3) is 11.4 Å². The number of hydrogen-bond donors (Lipinski definition) is 1. The highest BCUT2D eigenvalue weighted by atomic mass is 16.5. The maximum atomic E-state index is 12.4. The zero-order chi connectivity index (χ0) is 16.5. The number of rotatable bonds is 5. The molecule has 1 amide bonds. The predicted octanol–water partition coefficient (Wildman–Crippen LogP) is 2.51. The highest BCUT2D eigenvalue weighted by Gasteiger charge is 2.41. The topological polar surface area (TPSA) is 79.2 Å². The molecule has 2 bridgehead atoms. The lowest BCUT2D eigenvalue weighted by Crippen LogP contribution is -2.34. The molecular formula is C18H21N3O3. The smallest absolute Gasteiger partial charge is 0.337 e. The van der Waals surface area contributed by atoms with Crippen molar-refractivity contribution in [2.45, 2.75) is 57.0 Å². The van der Waals surface area contributed by atoms with Gasteiger partial charge in [0.2, 0.25) is 5.91 Å². The van der Waals surface area contributed by atoms with E-state index < -0.39 is 5.76 Å². The fourth-order valence-corrected chi connectivity index (χ4v) is 4.08. The maximum absolute atomic E-state index is 12.4. The summed E-state index contributed by atoms with van der Waals surface area (Å²) >= 11 is 0. The van der Waals surface area contributed by atoms with E-state index in [9.17, 15) is 9.59 Å². The molecule has 1 aromatic heterocycles. The molecule has 2 aliphatic heterocycles. The van der Waals surface area contributed by atoms with E-state index in [0.29, 0.717) is 30.2 Å². The number of nitrogens with zero attached hydrogens (tertiary/aromatic N) is 2. The Morgan fingerprint density at radius 1 is 1.17 bits per heavy atom. The highest BCUT2D eigenvalue weighted by molar-refractivity contribution is 5.77. The van der Waals surface area contributed by atoms with Crippen LogP contribution in [0.1, 0.15) is 44.1 Å². The monoisotopic (exact) mass is 327 g/mol. The first kappa shape index (κ1) is 15.2. The van der Waals surface area contributed by atoms with Gasteiger partial charge in [0.05, 0.1) is 0 Å². The second-order valence-corrected chi connectivity index (χ2v) is 6.76. The molecule has 1 N–H and O–H groups in total. The summed E-state index contributed by atoms with van der Waals surface area (Å²) in [6.07, 6.45) is 7.17. The molecule has 24 heavy (non-hydrogen) atoms. The highest BCUT2D eigenvalue weighted by Crippen LogP contribution is 2.37. The third kappa shape index (κ3) is 2.88. The lowest BCUT2D eigenvalue weighted by atomic mass is 10.0. The number of amides is 1. The second kappa shape index (κ2) is 6.26. The third-order valence-corrected chi connectivity index (χ3v) is 5.26. The van der Waals surface area contributed by atoms with E-state index >= 15 is 0 Å². The maximum Gasteiger partial charge on any atom is 0.439 e. The van der Waals surface area contributed by atoms with Crippen molar-refractivity contribution in [1.29, 1.82) is 0 Å². The summed E-state index contributed by atoms with van der Waals surface area (Å²) in [4.78, 5) is 28.1. The first-order valence-electron chi connectivity index (χ1n) is 8.67. The first-order chi connectivity index (χ1) is 11.7. The van der Waals surface area contributed by atoms with Crippen LogP contribution in [0.5, 0.6) is 0 Å². The van der Waals surface area contributed by atoms with Crippen LogP contribution in [-0.2, 0) is 11.2 Å². The second-order valence-electron chi connectivity index (χ2n) is 6.76. The van der Waals surface area contributed by atoms with Gasteiger partial charge in [-0.15, -0.1) is 0 Å². The van der Waals surface area contributed by atoms with E-state index in [0.717, 1.165) is 18.4 Å². The molecule has 1 aromatic carbocycles. The summed E-state index contributed by atoms with van der Waals surface area (Å²) in [7, 11) is 0. The molecule has 0 radical (unpaired) electrons. The Balaban J connectivity index is 1.30. The molecule has 0 unspecified atom stereocenters. The molecule has 2 fully saturated rings. The molecule has 2 aromatic rings. The number of carbonyl (C=O) groups is 1. The van der Waals surface area contributed by atoms with Crippen LogP contribution in [0.15, 0.2) is 33.6 Å². The molecular weight excluding hydrogens is 306 g/mol. The number of carbonyl (C=O) groups excluding carboxylic acids is 1. The Kier molecular flexibility index (Phi) is 3.96. The Morgan fingerprint density at radius 3 is 2.42 bits per heavy atom. The average molecular weight is 327 g/mol. The van der Waals surface area contributed by atoms with Crippen LogP contribution in [0.4, 0.5) is 0 Å². The minimum atomic E-state index is -0.552. The van der Waals surface area contributed by atoms with Crippen molar-refractivity contribution in [2.24, 2.45) is 0 Å². The molecule has 0 atom stereocenters. The van der Waals surface area contributed by atoms with Gasteiger partial charge in [-0.05, 0) is 44.1 Å². The Bertz CT molecular complexity index is 757. The minimum Gasteiger partial charge on any atom is -0.337 e. The van der Waals surface area contributed by atoms with Gasteiger partial charge in [0.15, 0.2) is 5.82 Å². The van der Waals surface area contributed by atoms with E-state index in [4.69, 9.17) is 0 Å². The van der Waals surface area contributed by atoms with Gasteiger partial charge in [0, 0.05) is 24.1 Å². The fraction of sp³-hybridized carbons (Fsp3) is 0.500. The van der Waals surface area contributed by atoms with Gasteiger partial charge < -0.3 is 4.90 Å². The largest absolute Gasteiger partial charge is 0.439 e. The number of H-pyrrole nitrogens is 1. The summed E-state index contributed by atoms with van der Waals surface area (Å²) in [5, 5.41) is 3.67. The van der Waals surface area contributed by atoms with Crippen molar-refractivity contribution in [3.63, 3.8) is 0 Å². The molecule has 126 valence electrons. The van der Waals surface area contributed by atoms with E-state index in [2.05, 4.69) is 19.6 Å². The van der Waals surface area contributed by atoms with E-state index in [1.807, 2.05) is 24.3 Å². The van der Waals surface area contributed by atoms with Crippen molar-refractivity contribution in [3.8, 4) is 11.4 Å². The normalized spacial score (nSPS) is 22.2. The van der Waals surface area contributed by atoms with Crippen LogP contribution in [0.2, 0.25) is 0 Å². The quantitative estimate of drug-likeness (QED) is 0.915. The predicted molar refractivity (Wildman–Crippen MR) is 88.4 cm³/mol. The summed E-state index contributed by atoms with van der Waals surface area (Å²) in [5.74, 6) is 0.214. The van der Waals surface area contributed by atoms with Crippen LogP contribution in [0, 0.1) is 0 Å². The number of nitrogens with one attached hydrogen (secondary N) is 1. The Morgan fingerprint density at radius 2 is 1.83 bits per heavy atom. The average Bonchev–Trinajstić information content (AvgIpc) is 3.31. The van der Waals surface area contributed by atoms with Crippen molar-refractivity contribution in [3.05, 3.63) is 40.4 Å². The van der Waals surface area contributed by atoms with Gasteiger partial charge in [-0.3, -0.25) is 14.3 Å². The summed E-state index contributed by atoms with van der Waals surface area (Å²) in [6, 6.07) is 8.87. The summed E-state index contributed by atoms with van der Waals surface area (Å²) in [5.41, 5.74) is 2.00. The van der Waals surface area contributed by atoms with Crippen molar-refractivity contribution in [1.82, 2.24) is 15.0 Å². The number of hydrogen-bond acceptors (Lipinski definition) is 4. The minimum absolute atomic E-state index is 0.330. The molecule has 0 aliphatic carbocycles. The Labute approximate surface area is 139 Å². The standard InChI is InChI=1S/C18H21N3O3/c22-16(21-14-8-9-15(21)11-10-14)3-1-2-12-4-6-13(7-5-12)17-19-18(23)24-20-17/h4-7,14-15H,1-3,8-11H2,(H,19,20,23). The molecule has 6 heteroatoms. The van der Waals surface area contributed by atoms with Gasteiger partial charge in [-0.2, -0.15) is 0 Å². The summed E-state index contributed by atoms with van der Waals surface area (Å²) < 4.78 is 4.51. The molecule has 3 heterocycles. The van der Waals surface area contributed by atoms with Gasteiger partial charge in [0.1, 0.15) is 0 Å². The van der Waals surface area contributed by atoms with E-state index in [-0.39, 0.29) is 0 Å². The molecule has 4 rings (SSSR count). The Hall–Kier alpha value is -2.37. The number of fused-ring (bicyclic) bond motifs is 2. The lowest BCUT2D eigenvalue weighted by molar-refractivity contribution is -0.132. The van der Waals surface area contributed by atoms with Gasteiger partial charge in [-0.1, -0.05) is 29.4 Å². The van der Waals surface area contributed by atoms with Crippen LogP contribution in [0.3, 0.4) is 0 Å². The number of benzene rings is 1. The van der Waals surface area contributed by atoms with Gasteiger partial charge >= 0.3 is 5.76 Å².